The SMILES string of the molecule is COc1cc(/C=C2\N=C(c3ccc([N+](=O)[O-])c(C)c3)OC2=O)cc(I)c1OCc1ccc(Cl)cc1. The van der Waals surface area contributed by atoms with E-state index in [1.165, 1.54) is 19.2 Å². The van der Waals surface area contributed by atoms with Gasteiger partial charge >= 0.3 is 5.97 Å². The van der Waals surface area contributed by atoms with Crippen LogP contribution in [-0.2, 0) is 16.1 Å². The summed E-state index contributed by atoms with van der Waals surface area (Å²) < 4.78 is 17.6. The molecule has 1 aliphatic rings. The third kappa shape index (κ3) is 5.63. The summed E-state index contributed by atoms with van der Waals surface area (Å²) in [5.41, 5.74) is 2.62. The number of nitro benzene ring substituents is 1. The summed E-state index contributed by atoms with van der Waals surface area (Å²) in [4.78, 5) is 27.3. The van der Waals surface area contributed by atoms with Crippen molar-refractivity contribution in [3.63, 3.8) is 0 Å². The van der Waals surface area contributed by atoms with Crippen LogP contribution in [0.5, 0.6) is 11.5 Å². The zero-order valence-electron chi connectivity index (χ0n) is 18.6. The highest BCUT2D eigenvalue weighted by molar-refractivity contribution is 14.1. The Morgan fingerprint density at radius 3 is 2.57 bits per heavy atom. The Labute approximate surface area is 219 Å². The van der Waals surface area contributed by atoms with Gasteiger partial charge in [-0.25, -0.2) is 9.79 Å². The van der Waals surface area contributed by atoms with Crippen LogP contribution < -0.4 is 9.47 Å². The van der Waals surface area contributed by atoms with Crippen LogP contribution in [0.2, 0.25) is 5.02 Å². The largest absolute Gasteiger partial charge is 0.493 e. The smallest absolute Gasteiger partial charge is 0.363 e. The summed E-state index contributed by atoms with van der Waals surface area (Å²) in [7, 11) is 1.54. The molecule has 3 aromatic carbocycles. The minimum absolute atomic E-state index is 0.0190. The Morgan fingerprint density at radius 2 is 1.91 bits per heavy atom. The molecule has 0 aromatic heterocycles. The van der Waals surface area contributed by atoms with E-state index in [1.807, 2.05) is 18.2 Å². The number of carbonyl (C=O) groups excluding carboxylic acids is 1. The van der Waals surface area contributed by atoms with E-state index >= 15 is 0 Å². The van der Waals surface area contributed by atoms with Crippen molar-refractivity contribution in [3.05, 3.63) is 101 Å². The first kappa shape index (κ1) is 24.7. The predicted octanol–water partition coefficient (Wildman–Crippen LogP) is 6.09. The fraction of sp³-hybridized carbons (Fsp3) is 0.120. The number of benzene rings is 3. The summed E-state index contributed by atoms with van der Waals surface area (Å²) in [6.45, 7) is 1.94. The van der Waals surface area contributed by atoms with Gasteiger partial charge in [-0.05, 0) is 83.1 Å². The second-order valence-electron chi connectivity index (χ2n) is 7.54. The van der Waals surface area contributed by atoms with Crippen molar-refractivity contribution in [2.45, 2.75) is 13.5 Å². The van der Waals surface area contributed by atoms with Crippen molar-refractivity contribution >= 4 is 57.8 Å². The van der Waals surface area contributed by atoms with Crippen LogP contribution in [0.15, 0.2) is 65.3 Å². The number of aryl methyl sites for hydroxylation is 1. The molecule has 3 aromatic rings. The highest BCUT2D eigenvalue weighted by Crippen LogP contribution is 2.36. The summed E-state index contributed by atoms with van der Waals surface area (Å²) in [6, 6.07) is 15.4. The fourth-order valence-electron chi connectivity index (χ4n) is 3.38. The second kappa shape index (κ2) is 10.4. The molecule has 0 atom stereocenters. The van der Waals surface area contributed by atoms with Gasteiger partial charge in [-0.15, -0.1) is 0 Å². The van der Waals surface area contributed by atoms with Gasteiger partial charge in [-0.2, -0.15) is 0 Å². The van der Waals surface area contributed by atoms with Crippen LogP contribution in [0.1, 0.15) is 22.3 Å². The number of hydrogen-bond donors (Lipinski definition) is 0. The average Bonchev–Trinajstić information content (AvgIpc) is 3.18. The van der Waals surface area contributed by atoms with Gasteiger partial charge in [0.1, 0.15) is 6.61 Å². The van der Waals surface area contributed by atoms with Crippen molar-refractivity contribution < 1.29 is 23.9 Å². The monoisotopic (exact) mass is 604 g/mol. The number of rotatable bonds is 7. The Hall–Kier alpha value is -3.44. The lowest BCUT2D eigenvalue weighted by molar-refractivity contribution is -0.385. The molecule has 8 nitrogen and oxygen atoms in total. The zero-order chi connectivity index (χ0) is 25.1. The lowest BCUT2D eigenvalue weighted by atomic mass is 10.1. The highest BCUT2D eigenvalue weighted by atomic mass is 127. The van der Waals surface area contributed by atoms with Gasteiger partial charge in [0, 0.05) is 22.2 Å². The molecule has 178 valence electrons. The molecule has 1 heterocycles. The van der Waals surface area contributed by atoms with Gasteiger partial charge in [0.05, 0.1) is 15.6 Å². The quantitative estimate of drug-likeness (QED) is 0.106. The van der Waals surface area contributed by atoms with Gasteiger partial charge in [-0.1, -0.05) is 23.7 Å². The number of carbonyl (C=O) groups is 1. The standard InChI is InChI=1S/C25H18ClIN2O6/c1-14-9-17(5-8-21(14)29(31)32)24-28-20(25(30)35-24)11-16-10-19(27)23(22(12-16)33-2)34-13-15-3-6-18(26)7-4-15/h3-12H,13H2,1-2H3/b20-11-. The Morgan fingerprint density at radius 1 is 1.17 bits per heavy atom. The number of halogens is 2. The zero-order valence-corrected chi connectivity index (χ0v) is 21.5. The van der Waals surface area contributed by atoms with Gasteiger partial charge in [0.15, 0.2) is 17.2 Å². The number of ether oxygens (including phenoxy) is 3. The molecule has 0 bridgehead atoms. The van der Waals surface area contributed by atoms with Crippen LogP contribution in [0, 0.1) is 20.6 Å². The number of hydrogen-bond acceptors (Lipinski definition) is 7. The van der Waals surface area contributed by atoms with E-state index in [0.29, 0.717) is 39.8 Å². The summed E-state index contributed by atoms with van der Waals surface area (Å²) >= 11 is 8.07. The topological polar surface area (TPSA) is 100 Å². The highest BCUT2D eigenvalue weighted by Gasteiger charge is 2.25. The summed E-state index contributed by atoms with van der Waals surface area (Å²) in [5, 5.41) is 11.7. The van der Waals surface area contributed by atoms with Crippen molar-refractivity contribution in [1.82, 2.24) is 0 Å². The molecule has 1 aliphatic heterocycles. The van der Waals surface area contributed by atoms with Crippen molar-refractivity contribution in [3.8, 4) is 11.5 Å². The Kier molecular flexibility index (Phi) is 7.37. The first-order valence-electron chi connectivity index (χ1n) is 10.3. The fourth-order valence-corrected chi connectivity index (χ4v) is 4.29. The van der Waals surface area contributed by atoms with E-state index in [2.05, 4.69) is 27.6 Å². The van der Waals surface area contributed by atoms with Gasteiger partial charge in [0.2, 0.25) is 5.90 Å². The first-order valence-corrected chi connectivity index (χ1v) is 11.7. The number of methoxy groups -OCH3 is 1. The van der Waals surface area contributed by atoms with E-state index in [9.17, 15) is 14.9 Å². The molecular weight excluding hydrogens is 587 g/mol. The first-order chi connectivity index (χ1) is 16.7. The third-order valence-corrected chi connectivity index (χ3v) is 6.17. The third-order valence-electron chi connectivity index (χ3n) is 5.11. The molecule has 0 unspecified atom stereocenters. The maximum Gasteiger partial charge on any atom is 0.363 e. The summed E-state index contributed by atoms with van der Waals surface area (Å²) in [5.74, 6) is 0.542. The normalized spacial score (nSPS) is 14.0. The van der Waals surface area contributed by atoms with E-state index in [1.54, 1.807) is 37.3 Å². The molecule has 0 saturated heterocycles. The minimum Gasteiger partial charge on any atom is -0.493 e. The van der Waals surface area contributed by atoms with Gasteiger partial charge in [-0.3, -0.25) is 10.1 Å². The molecule has 0 aliphatic carbocycles. The van der Waals surface area contributed by atoms with Crippen LogP contribution in [-0.4, -0.2) is 23.9 Å². The lowest BCUT2D eigenvalue weighted by Crippen LogP contribution is -2.06. The van der Waals surface area contributed by atoms with Crippen LogP contribution in [0.25, 0.3) is 6.08 Å². The second-order valence-corrected chi connectivity index (χ2v) is 9.14. The maximum absolute atomic E-state index is 12.4. The van der Waals surface area contributed by atoms with Gasteiger partial charge < -0.3 is 14.2 Å². The van der Waals surface area contributed by atoms with Crippen LogP contribution in [0.4, 0.5) is 5.69 Å². The molecular formula is C25H18ClIN2O6. The molecule has 0 spiro atoms. The van der Waals surface area contributed by atoms with Crippen LogP contribution in [0.3, 0.4) is 0 Å². The molecule has 0 saturated carbocycles. The Bertz CT molecular complexity index is 1390. The van der Waals surface area contributed by atoms with E-state index in [4.69, 9.17) is 25.8 Å². The number of nitro groups is 1. The molecule has 0 radical (unpaired) electrons. The average molecular weight is 605 g/mol. The molecule has 10 heteroatoms. The van der Waals surface area contributed by atoms with E-state index < -0.39 is 10.9 Å². The minimum atomic E-state index is -0.618. The Balaban J connectivity index is 1.58. The number of nitrogens with zero attached hydrogens (tertiary/aromatic N) is 2. The number of aliphatic imine (C=N–C) groups is 1. The van der Waals surface area contributed by atoms with Crippen molar-refractivity contribution in [1.29, 1.82) is 0 Å². The summed E-state index contributed by atoms with van der Waals surface area (Å²) in [6.07, 6.45) is 1.58. The molecule has 0 fully saturated rings. The van der Waals surface area contributed by atoms with E-state index in [-0.39, 0.29) is 17.3 Å². The molecule has 0 N–H and O–H groups in total. The number of cyclic esters (lactones) is 1. The predicted molar refractivity (Wildman–Crippen MR) is 140 cm³/mol. The van der Waals surface area contributed by atoms with Crippen molar-refractivity contribution in [2.24, 2.45) is 4.99 Å². The van der Waals surface area contributed by atoms with Gasteiger partial charge in [0.25, 0.3) is 5.69 Å². The van der Waals surface area contributed by atoms with Crippen LogP contribution >= 0.6 is 34.2 Å². The number of esters is 1. The maximum atomic E-state index is 12.4. The molecule has 0 amide bonds. The molecule has 35 heavy (non-hydrogen) atoms. The van der Waals surface area contributed by atoms with E-state index in [0.717, 1.165) is 9.13 Å². The lowest BCUT2D eigenvalue weighted by Gasteiger charge is -2.14. The van der Waals surface area contributed by atoms with Crippen molar-refractivity contribution in [2.75, 3.05) is 7.11 Å². The molecule has 4 rings (SSSR count).